The molecule has 5 nitrogen and oxygen atoms in total. The summed E-state index contributed by atoms with van der Waals surface area (Å²) in [5, 5.41) is 9.33. The Kier molecular flexibility index (Phi) is 4.43. The number of aromatic nitrogens is 2. The molecule has 0 saturated carbocycles. The van der Waals surface area contributed by atoms with Crippen molar-refractivity contribution in [1.82, 2.24) is 15.3 Å². The summed E-state index contributed by atoms with van der Waals surface area (Å²) in [5.41, 5.74) is 5.06. The summed E-state index contributed by atoms with van der Waals surface area (Å²) in [4.78, 5) is 13.8. The van der Waals surface area contributed by atoms with Gasteiger partial charge in [0.05, 0.1) is 11.4 Å². The Labute approximate surface area is 150 Å². The van der Waals surface area contributed by atoms with Crippen molar-refractivity contribution in [3.8, 4) is 22.6 Å². The highest BCUT2D eigenvalue weighted by atomic mass is 32.1. The Morgan fingerprint density at radius 2 is 1.84 bits per heavy atom. The van der Waals surface area contributed by atoms with Gasteiger partial charge in [-0.15, -0.1) is 11.3 Å². The molecule has 0 spiro atoms. The monoisotopic (exact) mass is 349 g/mol. The Morgan fingerprint density at radius 3 is 2.64 bits per heavy atom. The van der Waals surface area contributed by atoms with Crippen molar-refractivity contribution < 1.29 is 0 Å². The maximum absolute atomic E-state index is 4.77. The van der Waals surface area contributed by atoms with E-state index in [-0.39, 0.29) is 0 Å². The summed E-state index contributed by atoms with van der Waals surface area (Å²) in [6.07, 6.45) is 1.07. The molecule has 0 bridgehead atoms. The van der Waals surface area contributed by atoms with E-state index in [0.717, 1.165) is 53.2 Å². The molecular formula is C19H19N5S. The van der Waals surface area contributed by atoms with Crippen LogP contribution in [-0.4, -0.2) is 29.0 Å². The number of guanidine groups is 1. The molecule has 0 aliphatic carbocycles. The summed E-state index contributed by atoms with van der Waals surface area (Å²) in [7, 11) is 0. The number of hydrogen-bond acceptors (Lipinski definition) is 6. The average molecular weight is 349 g/mol. The van der Waals surface area contributed by atoms with Gasteiger partial charge in [0.25, 0.3) is 0 Å². The zero-order valence-electron chi connectivity index (χ0n) is 14.0. The second-order valence-corrected chi connectivity index (χ2v) is 6.81. The Morgan fingerprint density at radius 1 is 1.00 bits per heavy atom. The second-order valence-electron chi connectivity index (χ2n) is 5.95. The van der Waals surface area contributed by atoms with Crippen molar-refractivity contribution in [2.75, 3.05) is 18.4 Å². The normalized spacial score (nSPS) is 13.9. The van der Waals surface area contributed by atoms with Gasteiger partial charge in [-0.3, -0.25) is 4.99 Å². The topological polar surface area (TPSA) is 62.2 Å². The first-order chi connectivity index (χ1) is 12.3. The van der Waals surface area contributed by atoms with Gasteiger partial charge >= 0.3 is 0 Å². The van der Waals surface area contributed by atoms with Crippen molar-refractivity contribution in [3.05, 3.63) is 53.4 Å². The van der Waals surface area contributed by atoms with Crippen LogP contribution in [-0.2, 0) is 0 Å². The van der Waals surface area contributed by atoms with E-state index in [0.29, 0.717) is 0 Å². The third kappa shape index (κ3) is 3.69. The van der Waals surface area contributed by atoms with E-state index in [1.807, 2.05) is 23.6 Å². The molecule has 6 heteroatoms. The molecule has 0 fully saturated rings. The minimum Gasteiger partial charge on any atom is -0.356 e. The Balaban J connectivity index is 1.57. The summed E-state index contributed by atoms with van der Waals surface area (Å²) in [6, 6.07) is 14.5. The van der Waals surface area contributed by atoms with Crippen molar-refractivity contribution in [2.45, 2.75) is 13.3 Å². The van der Waals surface area contributed by atoms with Crippen LogP contribution in [0.15, 0.2) is 52.8 Å². The van der Waals surface area contributed by atoms with E-state index in [2.05, 4.69) is 51.8 Å². The molecule has 25 heavy (non-hydrogen) atoms. The van der Waals surface area contributed by atoms with Gasteiger partial charge in [-0.1, -0.05) is 35.9 Å². The summed E-state index contributed by atoms with van der Waals surface area (Å²) >= 11 is 1.56. The maximum atomic E-state index is 4.77. The zero-order chi connectivity index (χ0) is 17.1. The molecule has 0 saturated heterocycles. The highest BCUT2D eigenvalue weighted by Crippen LogP contribution is 2.26. The quantitative estimate of drug-likeness (QED) is 0.752. The van der Waals surface area contributed by atoms with Gasteiger partial charge in [-0.25, -0.2) is 9.97 Å². The van der Waals surface area contributed by atoms with Crippen LogP contribution in [0.25, 0.3) is 22.6 Å². The number of aryl methyl sites for hydroxylation is 1. The lowest BCUT2D eigenvalue weighted by atomic mass is 10.1. The molecule has 1 aliphatic heterocycles. The largest absolute Gasteiger partial charge is 0.356 e. The van der Waals surface area contributed by atoms with E-state index in [9.17, 15) is 0 Å². The number of aliphatic imine (C=N–C) groups is 1. The third-order valence-corrected chi connectivity index (χ3v) is 4.74. The molecular weight excluding hydrogens is 330 g/mol. The van der Waals surface area contributed by atoms with Crippen LogP contribution in [0.2, 0.25) is 0 Å². The van der Waals surface area contributed by atoms with E-state index in [4.69, 9.17) is 4.98 Å². The third-order valence-electron chi connectivity index (χ3n) is 3.99. The van der Waals surface area contributed by atoms with E-state index in [1.54, 1.807) is 11.3 Å². The van der Waals surface area contributed by atoms with Gasteiger partial charge in [-0.05, 0) is 25.5 Å². The fourth-order valence-electron chi connectivity index (χ4n) is 2.63. The predicted octanol–water partition coefficient (Wildman–Crippen LogP) is 3.94. The van der Waals surface area contributed by atoms with E-state index in [1.165, 1.54) is 5.56 Å². The fraction of sp³-hybridized carbons (Fsp3) is 0.211. The first kappa shape index (κ1) is 15.8. The molecule has 3 aromatic rings. The lowest BCUT2D eigenvalue weighted by Gasteiger charge is -2.14. The number of thiazole rings is 1. The van der Waals surface area contributed by atoms with E-state index < -0.39 is 0 Å². The SMILES string of the molecule is Cc1ccc(-c2cccc(-c3csc(NC4=NCCCN4)n3)n2)cc1. The van der Waals surface area contributed by atoms with Crippen molar-refractivity contribution in [1.29, 1.82) is 0 Å². The minimum atomic E-state index is 0.800. The van der Waals surface area contributed by atoms with Gasteiger partial charge < -0.3 is 10.6 Å². The lowest BCUT2D eigenvalue weighted by molar-refractivity contribution is 0.740. The molecule has 0 atom stereocenters. The number of nitrogens with zero attached hydrogens (tertiary/aromatic N) is 3. The highest BCUT2D eigenvalue weighted by Gasteiger charge is 2.10. The molecule has 2 aromatic heterocycles. The predicted molar refractivity (Wildman–Crippen MR) is 104 cm³/mol. The highest BCUT2D eigenvalue weighted by molar-refractivity contribution is 7.14. The van der Waals surface area contributed by atoms with Crippen LogP contribution >= 0.6 is 11.3 Å². The first-order valence-electron chi connectivity index (χ1n) is 8.33. The van der Waals surface area contributed by atoms with Crippen molar-refractivity contribution >= 4 is 22.4 Å². The van der Waals surface area contributed by atoms with Crippen molar-refractivity contribution in [3.63, 3.8) is 0 Å². The average Bonchev–Trinajstić information content (AvgIpc) is 3.12. The zero-order valence-corrected chi connectivity index (χ0v) is 14.8. The number of benzene rings is 1. The van der Waals surface area contributed by atoms with Gasteiger partial charge in [0.15, 0.2) is 11.1 Å². The van der Waals surface area contributed by atoms with Gasteiger partial charge in [0.1, 0.15) is 5.69 Å². The van der Waals surface area contributed by atoms with Crippen LogP contribution in [0.4, 0.5) is 5.13 Å². The summed E-state index contributed by atoms with van der Waals surface area (Å²) in [5.74, 6) is 0.800. The van der Waals surface area contributed by atoms with Crippen LogP contribution in [0, 0.1) is 6.92 Å². The Bertz CT molecular complexity index is 898. The minimum absolute atomic E-state index is 0.800. The smallest absolute Gasteiger partial charge is 0.197 e. The number of hydrogen-bond donors (Lipinski definition) is 2. The summed E-state index contributed by atoms with van der Waals surface area (Å²) in [6.45, 7) is 3.89. The van der Waals surface area contributed by atoms with Crippen LogP contribution in [0.5, 0.6) is 0 Å². The first-order valence-corrected chi connectivity index (χ1v) is 9.21. The van der Waals surface area contributed by atoms with Crippen LogP contribution in [0.3, 0.4) is 0 Å². The molecule has 126 valence electrons. The molecule has 2 N–H and O–H groups in total. The standard InChI is InChI=1S/C19H19N5S/c1-13-6-8-14(9-7-13)15-4-2-5-16(22-15)17-12-25-19(23-17)24-18-20-10-3-11-21-18/h2,4-9,12H,3,10-11H2,1H3,(H2,20,21,23,24). The number of anilines is 1. The number of pyridine rings is 1. The van der Waals surface area contributed by atoms with E-state index >= 15 is 0 Å². The van der Waals surface area contributed by atoms with Crippen LogP contribution < -0.4 is 10.6 Å². The molecule has 0 amide bonds. The Hall–Kier alpha value is -2.73. The second kappa shape index (κ2) is 7.03. The molecule has 1 aliphatic rings. The maximum Gasteiger partial charge on any atom is 0.197 e. The molecule has 0 unspecified atom stereocenters. The molecule has 0 radical (unpaired) electrons. The van der Waals surface area contributed by atoms with Crippen LogP contribution in [0.1, 0.15) is 12.0 Å². The van der Waals surface area contributed by atoms with Crippen molar-refractivity contribution in [2.24, 2.45) is 4.99 Å². The van der Waals surface area contributed by atoms with Gasteiger partial charge in [0.2, 0.25) is 0 Å². The molecule has 4 rings (SSSR count). The summed E-state index contributed by atoms with van der Waals surface area (Å²) < 4.78 is 0. The number of nitrogens with one attached hydrogen (secondary N) is 2. The number of rotatable bonds is 3. The van der Waals surface area contributed by atoms with Gasteiger partial charge in [-0.2, -0.15) is 0 Å². The molecule has 3 heterocycles. The van der Waals surface area contributed by atoms with Gasteiger partial charge in [0, 0.05) is 24.0 Å². The fourth-order valence-corrected chi connectivity index (χ4v) is 3.33. The lowest BCUT2D eigenvalue weighted by Crippen LogP contribution is -2.35. The molecule has 1 aromatic carbocycles.